The molecule has 1 heterocycles. The Morgan fingerprint density at radius 1 is 1.05 bits per heavy atom. The maximum absolute atomic E-state index is 5.84. The van der Waals surface area contributed by atoms with Crippen molar-refractivity contribution in [1.29, 1.82) is 0 Å². The van der Waals surface area contributed by atoms with E-state index in [2.05, 4.69) is 65.8 Å². The minimum absolute atomic E-state index is 0.0957. The van der Waals surface area contributed by atoms with E-state index in [9.17, 15) is 0 Å². The third-order valence-corrected chi connectivity index (χ3v) is 4.15. The summed E-state index contributed by atoms with van der Waals surface area (Å²) in [7, 11) is 0. The number of nitrogens with zero attached hydrogens (tertiary/aromatic N) is 1. The molecule has 2 N–H and O–H groups in total. The quantitative estimate of drug-likeness (QED) is 0.909. The van der Waals surface area contributed by atoms with Gasteiger partial charge in [-0.15, -0.1) is 0 Å². The van der Waals surface area contributed by atoms with Gasteiger partial charge in [0.2, 0.25) is 0 Å². The number of aromatic nitrogens is 1. The molecule has 0 fully saturated rings. The zero-order valence-corrected chi connectivity index (χ0v) is 14.2. The van der Waals surface area contributed by atoms with Gasteiger partial charge in [-0.25, -0.2) is 0 Å². The zero-order chi connectivity index (χ0) is 15.8. The molecule has 114 valence electrons. The molecule has 2 rings (SSSR count). The van der Waals surface area contributed by atoms with Crippen molar-refractivity contribution < 1.29 is 0 Å². The van der Waals surface area contributed by atoms with Crippen LogP contribution >= 0.6 is 0 Å². The number of rotatable bonds is 3. The summed E-state index contributed by atoms with van der Waals surface area (Å²) in [4.78, 5) is 4.84. The van der Waals surface area contributed by atoms with Crippen LogP contribution in [0.1, 0.15) is 51.4 Å². The summed E-state index contributed by atoms with van der Waals surface area (Å²) in [6.45, 7) is 14.0. The average molecular weight is 284 g/mol. The number of pyridine rings is 1. The molecule has 2 nitrogen and oxygen atoms in total. The van der Waals surface area contributed by atoms with Crippen LogP contribution in [0.5, 0.6) is 0 Å². The van der Waals surface area contributed by atoms with E-state index in [1.165, 1.54) is 16.5 Å². The van der Waals surface area contributed by atoms with Crippen molar-refractivity contribution in [3.8, 4) is 0 Å². The molecule has 0 amide bonds. The van der Waals surface area contributed by atoms with Gasteiger partial charge in [0.05, 0.1) is 5.52 Å². The minimum Gasteiger partial charge on any atom is -0.330 e. The highest BCUT2D eigenvalue weighted by Gasteiger charge is 2.19. The second-order valence-electron chi connectivity index (χ2n) is 7.96. The number of hydrogen-bond acceptors (Lipinski definition) is 2. The molecule has 0 aliphatic rings. The van der Waals surface area contributed by atoms with Gasteiger partial charge < -0.3 is 5.73 Å². The maximum atomic E-state index is 5.84. The highest BCUT2D eigenvalue weighted by atomic mass is 14.7. The number of hydrogen-bond donors (Lipinski definition) is 1. The molecule has 1 aromatic heterocycles. The third kappa shape index (κ3) is 3.62. The molecule has 0 aliphatic heterocycles. The van der Waals surface area contributed by atoms with Crippen LogP contribution in [0.25, 0.3) is 10.9 Å². The Hall–Kier alpha value is -1.41. The monoisotopic (exact) mass is 284 g/mol. The van der Waals surface area contributed by atoms with E-state index >= 15 is 0 Å². The fourth-order valence-electron chi connectivity index (χ4n) is 2.58. The molecule has 2 heteroatoms. The number of aryl methyl sites for hydroxylation is 1. The Labute approximate surface area is 128 Å². The van der Waals surface area contributed by atoms with Crippen LogP contribution in [0.3, 0.4) is 0 Å². The van der Waals surface area contributed by atoms with Crippen LogP contribution in [-0.4, -0.2) is 11.5 Å². The summed E-state index contributed by atoms with van der Waals surface area (Å²) in [5.74, 6) is 0. The second-order valence-corrected chi connectivity index (χ2v) is 7.96. The number of benzene rings is 1. The lowest BCUT2D eigenvalue weighted by molar-refractivity contribution is 0.373. The summed E-state index contributed by atoms with van der Waals surface area (Å²) >= 11 is 0. The first-order valence-corrected chi connectivity index (χ1v) is 7.73. The van der Waals surface area contributed by atoms with Gasteiger partial charge in [0.1, 0.15) is 0 Å². The predicted molar refractivity (Wildman–Crippen MR) is 91.7 cm³/mol. The molecule has 0 aliphatic carbocycles. The van der Waals surface area contributed by atoms with E-state index in [4.69, 9.17) is 10.7 Å². The van der Waals surface area contributed by atoms with Gasteiger partial charge in [0.15, 0.2) is 0 Å². The van der Waals surface area contributed by atoms with Crippen molar-refractivity contribution in [3.63, 3.8) is 0 Å². The fraction of sp³-hybridized carbons (Fsp3) is 0.526. The Kier molecular flexibility index (Phi) is 4.12. The van der Waals surface area contributed by atoms with Gasteiger partial charge in [-0.2, -0.15) is 0 Å². The Morgan fingerprint density at radius 3 is 2.29 bits per heavy atom. The largest absolute Gasteiger partial charge is 0.330 e. The first-order valence-electron chi connectivity index (χ1n) is 7.73. The van der Waals surface area contributed by atoms with Crippen LogP contribution in [0.15, 0.2) is 24.3 Å². The lowest BCUT2D eigenvalue weighted by Crippen LogP contribution is -2.26. The normalized spacial score (nSPS) is 12.9. The van der Waals surface area contributed by atoms with Crippen LogP contribution in [-0.2, 0) is 11.8 Å². The van der Waals surface area contributed by atoms with Crippen molar-refractivity contribution >= 4 is 10.9 Å². The molecule has 0 saturated carbocycles. The van der Waals surface area contributed by atoms with Crippen molar-refractivity contribution in [2.45, 2.75) is 53.4 Å². The molecule has 0 unspecified atom stereocenters. The fourth-order valence-corrected chi connectivity index (χ4v) is 2.58. The molecule has 0 spiro atoms. The summed E-state index contributed by atoms with van der Waals surface area (Å²) in [5, 5.41) is 1.26. The molecular formula is C19H28N2. The standard InChI is InChI=1S/C19H28N2/c1-13-9-15(11-19(5,6)12-20)21-17-8-7-14(10-16(13)17)18(2,3)4/h7-10H,11-12,20H2,1-6H3. The van der Waals surface area contributed by atoms with Gasteiger partial charge in [-0.05, 0) is 60.0 Å². The average Bonchev–Trinajstić information content (AvgIpc) is 2.36. The Bertz CT molecular complexity index is 648. The SMILES string of the molecule is Cc1cc(CC(C)(C)CN)nc2ccc(C(C)(C)C)cc12. The molecule has 2 aromatic rings. The first kappa shape index (κ1) is 16.0. The summed E-state index contributed by atoms with van der Waals surface area (Å²) < 4.78 is 0. The van der Waals surface area contributed by atoms with E-state index in [1.807, 2.05) is 0 Å². The minimum atomic E-state index is 0.0957. The second kappa shape index (κ2) is 5.42. The molecule has 21 heavy (non-hydrogen) atoms. The molecule has 0 radical (unpaired) electrons. The van der Waals surface area contributed by atoms with Crippen molar-refractivity contribution in [2.24, 2.45) is 11.1 Å². The van der Waals surface area contributed by atoms with Gasteiger partial charge >= 0.3 is 0 Å². The van der Waals surface area contributed by atoms with Gasteiger partial charge in [-0.1, -0.05) is 40.7 Å². The van der Waals surface area contributed by atoms with E-state index < -0.39 is 0 Å². The lowest BCUT2D eigenvalue weighted by Gasteiger charge is -2.23. The van der Waals surface area contributed by atoms with E-state index in [1.54, 1.807) is 0 Å². The first-order chi connectivity index (χ1) is 9.62. The molecular weight excluding hydrogens is 256 g/mol. The van der Waals surface area contributed by atoms with Crippen LogP contribution in [0.4, 0.5) is 0 Å². The van der Waals surface area contributed by atoms with Crippen LogP contribution in [0, 0.1) is 12.3 Å². The van der Waals surface area contributed by atoms with Crippen molar-refractivity contribution in [3.05, 3.63) is 41.1 Å². The van der Waals surface area contributed by atoms with Crippen LogP contribution < -0.4 is 5.73 Å². The van der Waals surface area contributed by atoms with E-state index in [-0.39, 0.29) is 10.8 Å². The number of nitrogens with two attached hydrogens (primary N) is 1. The summed E-state index contributed by atoms with van der Waals surface area (Å²) in [6.07, 6.45) is 0.918. The van der Waals surface area contributed by atoms with Crippen LogP contribution in [0.2, 0.25) is 0 Å². The number of fused-ring (bicyclic) bond motifs is 1. The highest BCUT2D eigenvalue weighted by Crippen LogP contribution is 2.28. The van der Waals surface area contributed by atoms with Gasteiger partial charge in [-0.3, -0.25) is 4.98 Å². The predicted octanol–water partition coefficient (Wildman–Crippen LogP) is 4.37. The smallest absolute Gasteiger partial charge is 0.0708 e. The Morgan fingerprint density at radius 2 is 1.71 bits per heavy atom. The van der Waals surface area contributed by atoms with Gasteiger partial charge in [0.25, 0.3) is 0 Å². The highest BCUT2D eigenvalue weighted by molar-refractivity contribution is 5.83. The zero-order valence-electron chi connectivity index (χ0n) is 14.2. The third-order valence-electron chi connectivity index (χ3n) is 4.15. The Balaban J connectivity index is 2.48. The van der Waals surface area contributed by atoms with Crippen molar-refractivity contribution in [1.82, 2.24) is 4.98 Å². The molecule has 1 aromatic carbocycles. The van der Waals surface area contributed by atoms with E-state index in [0.29, 0.717) is 6.54 Å². The van der Waals surface area contributed by atoms with Gasteiger partial charge in [0, 0.05) is 11.1 Å². The van der Waals surface area contributed by atoms with Crippen molar-refractivity contribution in [2.75, 3.05) is 6.54 Å². The lowest BCUT2D eigenvalue weighted by atomic mass is 9.85. The summed E-state index contributed by atoms with van der Waals surface area (Å²) in [5.41, 5.74) is 11.0. The van der Waals surface area contributed by atoms with E-state index in [0.717, 1.165) is 17.6 Å². The topological polar surface area (TPSA) is 38.9 Å². The summed E-state index contributed by atoms with van der Waals surface area (Å²) in [6, 6.07) is 8.86. The maximum Gasteiger partial charge on any atom is 0.0708 e. The molecule has 0 saturated heterocycles. The molecule has 0 bridgehead atoms. The molecule has 0 atom stereocenters.